The minimum atomic E-state index is -1.20. The van der Waals surface area contributed by atoms with Crippen molar-refractivity contribution in [2.45, 2.75) is 32.4 Å². The largest absolute Gasteiger partial charge is 0.398 e. The molecule has 0 amide bonds. The van der Waals surface area contributed by atoms with Gasteiger partial charge in [0, 0.05) is 43.8 Å². The van der Waals surface area contributed by atoms with Gasteiger partial charge in [0.1, 0.15) is 12.6 Å². The van der Waals surface area contributed by atoms with E-state index in [1.54, 1.807) is 12.4 Å². The van der Waals surface area contributed by atoms with E-state index >= 15 is 0 Å². The van der Waals surface area contributed by atoms with Crippen molar-refractivity contribution in [1.29, 1.82) is 0 Å². The van der Waals surface area contributed by atoms with Crippen LogP contribution in [0.3, 0.4) is 0 Å². The highest BCUT2D eigenvalue weighted by Gasteiger charge is 2.22. The summed E-state index contributed by atoms with van der Waals surface area (Å²) in [5.41, 5.74) is 11.5. The molecule has 0 saturated heterocycles. The number of hydrogen-bond donors (Lipinski definition) is 1. The van der Waals surface area contributed by atoms with E-state index in [9.17, 15) is 0 Å². The zero-order chi connectivity index (χ0) is 23.4. The number of halogens is 1. The molecule has 0 fully saturated rings. The lowest BCUT2D eigenvalue weighted by Crippen LogP contribution is -2.22. The summed E-state index contributed by atoms with van der Waals surface area (Å²) in [6.45, 7) is 8.17. The summed E-state index contributed by atoms with van der Waals surface area (Å²) in [4.78, 5) is 9.27. The SMILES string of the molecule is C[Si](C)(C)CCOCn1c(-c2ccccc2)nc(-c2ccncc2)c1-c1ccc(Cl)c(N)c1. The van der Waals surface area contributed by atoms with Crippen molar-refractivity contribution in [3.63, 3.8) is 0 Å². The monoisotopic (exact) mass is 476 g/mol. The molecule has 5 nitrogen and oxygen atoms in total. The minimum absolute atomic E-state index is 0.394. The van der Waals surface area contributed by atoms with Crippen LogP contribution in [0.1, 0.15) is 0 Å². The average molecular weight is 477 g/mol. The summed E-state index contributed by atoms with van der Waals surface area (Å²) in [6, 6.07) is 20.9. The van der Waals surface area contributed by atoms with Gasteiger partial charge in [0.05, 0.1) is 22.1 Å². The summed E-state index contributed by atoms with van der Waals surface area (Å²) in [5, 5.41) is 0.532. The molecule has 0 aliphatic carbocycles. The van der Waals surface area contributed by atoms with Crippen molar-refractivity contribution in [1.82, 2.24) is 14.5 Å². The van der Waals surface area contributed by atoms with Crippen LogP contribution in [0, 0.1) is 0 Å². The normalized spacial score (nSPS) is 11.6. The van der Waals surface area contributed by atoms with E-state index in [-0.39, 0.29) is 0 Å². The molecule has 4 aromatic rings. The number of imidazole rings is 1. The van der Waals surface area contributed by atoms with Gasteiger partial charge in [0.2, 0.25) is 0 Å². The van der Waals surface area contributed by atoms with Gasteiger partial charge < -0.3 is 10.5 Å². The fourth-order valence-electron chi connectivity index (χ4n) is 3.62. The molecule has 0 aliphatic heterocycles. The average Bonchev–Trinajstić information content (AvgIpc) is 3.18. The Morgan fingerprint density at radius 1 is 0.939 bits per heavy atom. The van der Waals surface area contributed by atoms with Crippen LogP contribution in [0.4, 0.5) is 5.69 Å². The van der Waals surface area contributed by atoms with Crippen LogP contribution in [-0.2, 0) is 11.5 Å². The molecule has 0 aliphatic rings. The fourth-order valence-corrected chi connectivity index (χ4v) is 4.49. The summed E-state index contributed by atoms with van der Waals surface area (Å²) in [5.74, 6) is 0.846. The topological polar surface area (TPSA) is 66.0 Å². The van der Waals surface area contributed by atoms with Crippen molar-refractivity contribution in [2.75, 3.05) is 12.3 Å². The number of ether oxygens (including phenoxy) is 1. The van der Waals surface area contributed by atoms with Crippen molar-refractivity contribution in [3.05, 3.63) is 78.1 Å². The van der Waals surface area contributed by atoms with Crippen LogP contribution < -0.4 is 5.73 Å². The third-order valence-corrected chi connectivity index (χ3v) is 7.49. The fraction of sp³-hybridized carbons (Fsp3) is 0.231. The van der Waals surface area contributed by atoms with Gasteiger partial charge in [-0.25, -0.2) is 4.98 Å². The zero-order valence-corrected chi connectivity index (χ0v) is 21.0. The van der Waals surface area contributed by atoms with Crippen molar-refractivity contribution < 1.29 is 4.74 Å². The number of hydrogen-bond acceptors (Lipinski definition) is 4. The van der Waals surface area contributed by atoms with Gasteiger partial charge >= 0.3 is 0 Å². The van der Waals surface area contributed by atoms with Gasteiger partial charge in [0.25, 0.3) is 0 Å². The third-order valence-electron chi connectivity index (χ3n) is 5.44. The number of benzene rings is 2. The molecule has 0 unspecified atom stereocenters. The first-order chi connectivity index (χ1) is 15.8. The summed E-state index contributed by atoms with van der Waals surface area (Å²) in [6.07, 6.45) is 3.56. The van der Waals surface area contributed by atoms with Gasteiger partial charge in [-0.1, -0.05) is 67.6 Å². The molecular weight excluding hydrogens is 448 g/mol. The second kappa shape index (κ2) is 9.91. The molecule has 2 heterocycles. The van der Waals surface area contributed by atoms with Gasteiger partial charge in [-0.05, 0) is 30.3 Å². The van der Waals surface area contributed by atoms with Gasteiger partial charge in [0.15, 0.2) is 0 Å². The molecular formula is C26H29ClN4OSi. The highest BCUT2D eigenvalue weighted by molar-refractivity contribution is 6.76. The first-order valence-electron chi connectivity index (χ1n) is 11.0. The molecule has 4 rings (SSSR count). The second-order valence-electron chi connectivity index (χ2n) is 9.25. The minimum Gasteiger partial charge on any atom is -0.398 e. The van der Waals surface area contributed by atoms with Gasteiger partial charge in [-0.15, -0.1) is 0 Å². The van der Waals surface area contributed by atoms with E-state index in [4.69, 9.17) is 27.1 Å². The number of nitrogens with two attached hydrogens (primary N) is 1. The van der Waals surface area contributed by atoms with Crippen LogP contribution in [-0.4, -0.2) is 29.2 Å². The van der Waals surface area contributed by atoms with Gasteiger partial charge in [-0.3, -0.25) is 9.55 Å². The summed E-state index contributed by atoms with van der Waals surface area (Å²) < 4.78 is 8.35. The lowest BCUT2D eigenvalue weighted by molar-refractivity contribution is 0.0893. The predicted octanol–water partition coefficient (Wildman–Crippen LogP) is 6.83. The molecule has 0 bridgehead atoms. The molecule has 170 valence electrons. The molecule has 33 heavy (non-hydrogen) atoms. The Bertz CT molecular complexity index is 1220. The quantitative estimate of drug-likeness (QED) is 0.172. The number of rotatable bonds is 8. The number of nitrogens with zero attached hydrogens (tertiary/aromatic N) is 3. The number of pyridine rings is 1. The second-order valence-corrected chi connectivity index (χ2v) is 15.3. The first kappa shape index (κ1) is 23.2. The summed E-state index contributed by atoms with van der Waals surface area (Å²) >= 11 is 6.23. The predicted molar refractivity (Wildman–Crippen MR) is 140 cm³/mol. The highest BCUT2D eigenvalue weighted by Crippen LogP contribution is 2.38. The third kappa shape index (κ3) is 5.53. The van der Waals surface area contributed by atoms with Crippen molar-refractivity contribution >= 4 is 25.4 Å². The summed E-state index contributed by atoms with van der Waals surface area (Å²) in [7, 11) is -1.20. The zero-order valence-electron chi connectivity index (χ0n) is 19.3. The smallest absolute Gasteiger partial charge is 0.143 e. The Labute approximate surface area is 201 Å². The van der Waals surface area contributed by atoms with Crippen LogP contribution >= 0.6 is 11.6 Å². The van der Waals surface area contributed by atoms with Crippen LogP contribution in [0.5, 0.6) is 0 Å². The number of nitrogen functional groups attached to an aromatic ring is 1. The Morgan fingerprint density at radius 2 is 1.67 bits per heavy atom. The van der Waals surface area contributed by atoms with E-state index in [0.717, 1.165) is 46.6 Å². The molecule has 2 aromatic heterocycles. The lowest BCUT2D eigenvalue weighted by atomic mass is 10.1. The maximum atomic E-state index is 6.23. The van der Waals surface area contributed by atoms with E-state index in [1.807, 2.05) is 48.5 Å². The maximum absolute atomic E-state index is 6.23. The Kier molecular flexibility index (Phi) is 6.98. The van der Waals surface area contributed by atoms with Crippen LogP contribution in [0.15, 0.2) is 73.1 Å². The Hall–Kier alpha value is -2.93. The first-order valence-corrected chi connectivity index (χ1v) is 15.1. The molecule has 0 radical (unpaired) electrons. The molecule has 2 N–H and O–H groups in total. The Morgan fingerprint density at radius 3 is 2.33 bits per heavy atom. The molecule has 2 aromatic carbocycles. The van der Waals surface area contributed by atoms with E-state index in [1.165, 1.54) is 0 Å². The number of anilines is 1. The maximum Gasteiger partial charge on any atom is 0.143 e. The van der Waals surface area contributed by atoms with Crippen LogP contribution in [0.25, 0.3) is 33.9 Å². The Balaban J connectivity index is 1.88. The van der Waals surface area contributed by atoms with E-state index < -0.39 is 8.07 Å². The van der Waals surface area contributed by atoms with E-state index in [2.05, 4.69) is 41.3 Å². The van der Waals surface area contributed by atoms with E-state index in [0.29, 0.717) is 17.4 Å². The number of aromatic nitrogens is 3. The molecule has 7 heteroatoms. The van der Waals surface area contributed by atoms with Gasteiger partial charge in [-0.2, -0.15) is 0 Å². The van der Waals surface area contributed by atoms with Crippen molar-refractivity contribution in [2.24, 2.45) is 0 Å². The molecule has 0 spiro atoms. The van der Waals surface area contributed by atoms with Crippen LogP contribution in [0.2, 0.25) is 30.7 Å². The van der Waals surface area contributed by atoms with Crippen molar-refractivity contribution in [3.8, 4) is 33.9 Å². The standard InChI is InChI=1S/C26H29ClN4OSi/c1-33(2,3)16-15-32-18-31-25(21-9-10-22(27)23(28)17-21)24(19-11-13-29-14-12-19)30-26(31)20-7-5-4-6-8-20/h4-14,17H,15-16,18,28H2,1-3H3. The highest BCUT2D eigenvalue weighted by atomic mass is 35.5. The lowest BCUT2D eigenvalue weighted by Gasteiger charge is -2.18. The molecule has 0 saturated carbocycles. The molecule has 0 atom stereocenters.